The largest absolute Gasteiger partial charge is 0.495 e. The first-order valence-corrected chi connectivity index (χ1v) is 10.7. The van der Waals surface area contributed by atoms with E-state index in [1.54, 1.807) is 42.3 Å². The first kappa shape index (κ1) is 21.4. The number of carbonyl (C=O) groups is 2. The molecule has 6 heteroatoms. The van der Waals surface area contributed by atoms with Gasteiger partial charge in [0.15, 0.2) is 0 Å². The zero-order valence-corrected chi connectivity index (χ0v) is 18.4. The second-order valence-corrected chi connectivity index (χ2v) is 7.90. The van der Waals surface area contributed by atoms with Crippen molar-refractivity contribution in [1.29, 1.82) is 0 Å². The van der Waals surface area contributed by atoms with Crippen molar-refractivity contribution in [3.05, 3.63) is 89.5 Å². The van der Waals surface area contributed by atoms with Crippen molar-refractivity contribution in [3.8, 4) is 5.75 Å². The van der Waals surface area contributed by atoms with Gasteiger partial charge in [0.1, 0.15) is 5.75 Å². The second-order valence-electron chi connectivity index (χ2n) is 7.90. The monoisotopic (exact) mass is 429 g/mol. The van der Waals surface area contributed by atoms with Crippen molar-refractivity contribution in [2.24, 2.45) is 0 Å². The van der Waals surface area contributed by atoms with E-state index in [1.165, 1.54) is 5.56 Å². The molecule has 0 atom stereocenters. The van der Waals surface area contributed by atoms with E-state index in [1.807, 2.05) is 35.2 Å². The molecule has 1 aliphatic rings. The summed E-state index contributed by atoms with van der Waals surface area (Å²) in [6.07, 6.45) is 0.870. The smallest absolute Gasteiger partial charge is 0.324 e. The fourth-order valence-corrected chi connectivity index (χ4v) is 3.96. The molecule has 1 fully saturated rings. The van der Waals surface area contributed by atoms with Gasteiger partial charge in [0.2, 0.25) is 0 Å². The zero-order valence-electron chi connectivity index (χ0n) is 18.4. The molecule has 0 aliphatic carbocycles. The quantitative estimate of drug-likeness (QED) is 0.594. The van der Waals surface area contributed by atoms with Crippen molar-refractivity contribution in [2.75, 3.05) is 30.4 Å². The van der Waals surface area contributed by atoms with Gasteiger partial charge in [0, 0.05) is 30.9 Å². The lowest BCUT2D eigenvalue weighted by atomic mass is 10.1. The molecule has 1 saturated heterocycles. The van der Waals surface area contributed by atoms with Crippen molar-refractivity contribution in [3.63, 3.8) is 0 Å². The number of nitrogens with one attached hydrogen (secondary N) is 1. The summed E-state index contributed by atoms with van der Waals surface area (Å²) < 4.78 is 5.31. The molecule has 164 valence electrons. The molecule has 6 nitrogen and oxygen atoms in total. The van der Waals surface area contributed by atoms with Gasteiger partial charge in [0.05, 0.1) is 12.8 Å². The molecular weight excluding hydrogens is 402 g/mol. The van der Waals surface area contributed by atoms with Gasteiger partial charge in [-0.05, 0) is 49.2 Å². The first-order chi connectivity index (χ1) is 15.5. The van der Waals surface area contributed by atoms with Crippen LogP contribution in [0.15, 0.2) is 72.8 Å². The van der Waals surface area contributed by atoms with Gasteiger partial charge < -0.3 is 15.0 Å². The third kappa shape index (κ3) is 4.75. The number of benzene rings is 3. The summed E-state index contributed by atoms with van der Waals surface area (Å²) in [5.41, 5.74) is 4.10. The number of urea groups is 1. The standard InChI is InChI=1S/C26H27N3O3/c1-19-8-5-9-20(16-19)18-28-14-7-15-29(26(28)31)22-11-6-10-21(17-22)25(30)27-23-12-3-4-13-24(23)32-2/h3-6,8-13,16-17H,7,14-15,18H2,1-2H3,(H,27,30). The van der Waals surface area contributed by atoms with E-state index >= 15 is 0 Å². The number of anilines is 2. The minimum atomic E-state index is -0.252. The Bertz CT molecular complexity index is 1130. The molecule has 3 aromatic carbocycles. The van der Waals surface area contributed by atoms with Crippen LogP contribution in [0.1, 0.15) is 27.9 Å². The Morgan fingerprint density at radius 2 is 1.81 bits per heavy atom. The number of rotatable bonds is 6. The van der Waals surface area contributed by atoms with Crippen LogP contribution in [0.25, 0.3) is 0 Å². The summed E-state index contributed by atoms with van der Waals surface area (Å²) in [6, 6.07) is 22.6. The van der Waals surface area contributed by atoms with E-state index in [0.29, 0.717) is 30.1 Å². The molecule has 3 aromatic rings. The van der Waals surface area contributed by atoms with E-state index in [9.17, 15) is 9.59 Å². The van der Waals surface area contributed by atoms with Gasteiger partial charge in [-0.3, -0.25) is 9.69 Å². The van der Waals surface area contributed by atoms with Crippen LogP contribution in [-0.2, 0) is 6.54 Å². The molecule has 1 N–H and O–H groups in total. The van der Waals surface area contributed by atoms with Gasteiger partial charge in [0.25, 0.3) is 5.91 Å². The SMILES string of the molecule is COc1ccccc1NC(=O)c1cccc(N2CCCN(Cc3cccc(C)c3)C2=O)c1. The van der Waals surface area contributed by atoms with Crippen molar-refractivity contribution in [1.82, 2.24) is 4.90 Å². The van der Waals surface area contributed by atoms with Crippen LogP contribution in [0.3, 0.4) is 0 Å². The van der Waals surface area contributed by atoms with Crippen LogP contribution in [0, 0.1) is 6.92 Å². The van der Waals surface area contributed by atoms with Gasteiger partial charge in [-0.15, -0.1) is 0 Å². The molecule has 1 aliphatic heterocycles. The molecule has 3 amide bonds. The maximum Gasteiger partial charge on any atom is 0.324 e. The van der Waals surface area contributed by atoms with Gasteiger partial charge >= 0.3 is 6.03 Å². The number of hydrogen-bond donors (Lipinski definition) is 1. The third-order valence-electron chi connectivity index (χ3n) is 5.54. The number of carbonyl (C=O) groups excluding carboxylic acids is 2. The first-order valence-electron chi connectivity index (χ1n) is 10.7. The van der Waals surface area contributed by atoms with Crippen molar-refractivity contribution < 1.29 is 14.3 Å². The molecular formula is C26H27N3O3. The lowest BCUT2D eigenvalue weighted by Gasteiger charge is -2.36. The summed E-state index contributed by atoms with van der Waals surface area (Å²) in [6.45, 7) is 3.97. The van der Waals surface area contributed by atoms with E-state index in [2.05, 4.69) is 24.4 Å². The number of methoxy groups -OCH3 is 1. The highest BCUT2D eigenvalue weighted by atomic mass is 16.5. The Balaban J connectivity index is 1.50. The summed E-state index contributed by atoms with van der Waals surface area (Å²) in [7, 11) is 1.57. The van der Waals surface area contributed by atoms with Crippen LogP contribution in [0.4, 0.5) is 16.2 Å². The maximum absolute atomic E-state index is 13.2. The predicted molar refractivity (Wildman–Crippen MR) is 126 cm³/mol. The van der Waals surface area contributed by atoms with Crippen LogP contribution in [-0.4, -0.2) is 37.0 Å². The molecule has 0 radical (unpaired) electrons. The Kier molecular flexibility index (Phi) is 6.40. The topological polar surface area (TPSA) is 61.9 Å². The molecule has 1 heterocycles. The Morgan fingerprint density at radius 1 is 1.00 bits per heavy atom. The van der Waals surface area contributed by atoms with Gasteiger partial charge in [-0.25, -0.2) is 4.79 Å². The van der Waals surface area contributed by atoms with Gasteiger partial charge in [-0.2, -0.15) is 0 Å². The van der Waals surface area contributed by atoms with E-state index in [4.69, 9.17) is 4.74 Å². The molecule has 0 unspecified atom stereocenters. The molecule has 0 saturated carbocycles. The summed E-state index contributed by atoms with van der Waals surface area (Å²) in [4.78, 5) is 29.7. The van der Waals surface area contributed by atoms with Crippen LogP contribution < -0.4 is 15.0 Å². The number of amides is 3. The molecule has 0 bridgehead atoms. The van der Waals surface area contributed by atoms with Gasteiger partial charge in [-0.1, -0.05) is 48.0 Å². The lowest BCUT2D eigenvalue weighted by Crippen LogP contribution is -2.49. The maximum atomic E-state index is 13.2. The average molecular weight is 430 g/mol. The predicted octanol–water partition coefficient (Wildman–Crippen LogP) is 5.09. The minimum Gasteiger partial charge on any atom is -0.495 e. The molecule has 4 rings (SSSR count). The third-order valence-corrected chi connectivity index (χ3v) is 5.54. The van der Waals surface area contributed by atoms with E-state index in [-0.39, 0.29) is 11.9 Å². The van der Waals surface area contributed by atoms with Crippen LogP contribution in [0.5, 0.6) is 5.75 Å². The number of hydrogen-bond acceptors (Lipinski definition) is 3. The van der Waals surface area contributed by atoms with E-state index in [0.717, 1.165) is 24.2 Å². The Hall–Kier alpha value is -3.80. The fourth-order valence-electron chi connectivity index (χ4n) is 3.96. The van der Waals surface area contributed by atoms with Crippen LogP contribution >= 0.6 is 0 Å². The second kappa shape index (κ2) is 9.56. The summed E-state index contributed by atoms with van der Waals surface area (Å²) in [5.74, 6) is 0.340. The fraction of sp³-hybridized carbons (Fsp3) is 0.231. The highest BCUT2D eigenvalue weighted by Crippen LogP contribution is 2.26. The van der Waals surface area contributed by atoms with Crippen molar-refractivity contribution in [2.45, 2.75) is 19.9 Å². The van der Waals surface area contributed by atoms with Crippen LogP contribution in [0.2, 0.25) is 0 Å². The number of aryl methyl sites for hydroxylation is 1. The minimum absolute atomic E-state index is 0.0416. The lowest BCUT2D eigenvalue weighted by molar-refractivity contribution is 0.102. The molecule has 32 heavy (non-hydrogen) atoms. The normalized spacial score (nSPS) is 13.8. The summed E-state index contributed by atoms with van der Waals surface area (Å²) >= 11 is 0. The highest BCUT2D eigenvalue weighted by molar-refractivity contribution is 6.06. The number of ether oxygens (including phenoxy) is 1. The van der Waals surface area contributed by atoms with E-state index < -0.39 is 0 Å². The average Bonchev–Trinajstić information content (AvgIpc) is 2.81. The zero-order chi connectivity index (χ0) is 22.5. The molecule has 0 spiro atoms. The number of para-hydroxylation sites is 2. The Morgan fingerprint density at radius 3 is 2.62 bits per heavy atom. The summed E-state index contributed by atoms with van der Waals surface area (Å²) in [5, 5.41) is 2.89. The molecule has 0 aromatic heterocycles. The van der Waals surface area contributed by atoms with Crippen molar-refractivity contribution >= 4 is 23.3 Å². The number of nitrogens with zero attached hydrogens (tertiary/aromatic N) is 2. The highest BCUT2D eigenvalue weighted by Gasteiger charge is 2.27. The Labute approximate surface area is 188 Å².